The van der Waals surface area contributed by atoms with Gasteiger partial charge in [-0.25, -0.2) is 9.59 Å². The highest BCUT2D eigenvalue weighted by Crippen LogP contribution is 2.23. The lowest BCUT2D eigenvalue weighted by molar-refractivity contribution is -0.171. The highest BCUT2D eigenvalue weighted by molar-refractivity contribution is 6.20. The minimum absolute atomic E-state index is 0.0113. The predicted octanol–water partition coefficient (Wildman–Crippen LogP) is 1.67. The van der Waals surface area contributed by atoms with Crippen molar-refractivity contribution in [1.82, 2.24) is 10.4 Å². The maximum atomic E-state index is 12.2. The number of fused-ring (bicyclic) bond motifs is 1. The minimum Gasteiger partial charge on any atom is -0.444 e. The number of nitrogens with one attached hydrogen (secondary N) is 1. The van der Waals surface area contributed by atoms with Gasteiger partial charge in [0, 0.05) is 13.7 Å². The largest absolute Gasteiger partial charge is 0.444 e. The van der Waals surface area contributed by atoms with Crippen LogP contribution in [0.5, 0.6) is 0 Å². The summed E-state index contributed by atoms with van der Waals surface area (Å²) in [6.07, 6.45) is -1.65. The fraction of sp³-hybridized carbons (Fsp3) is 0.444. The second-order valence-corrected chi connectivity index (χ2v) is 6.86. The second kappa shape index (κ2) is 8.17. The lowest BCUT2D eigenvalue weighted by Crippen LogP contribution is -2.39. The summed E-state index contributed by atoms with van der Waals surface area (Å²) in [5.41, 5.74) is -0.313. The molecule has 0 bridgehead atoms. The van der Waals surface area contributed by atoms with Crippen molar-refractivity contribution in [2.45, 2.75) is 38.9 Å². The molecule has 0 saturated heterocycles. The number of hydroxylamine groups is 2. The lowest BCUT2D eigenvalue weighted by Gasteiger charge is -2.21. The molecule has 27 heavy (non-hydrogen) atoms. The lowest BCUT2D eigenvalue weighted by atomic mass is 10.1. The monoisotopic (exact) mass is 378 g/mol. The molecule has 146 valence electrons. The highest BCUT2D eigenvalue weighted by atomic mass is 16.7. The highest BCUT2D eigenvalue weighted by Gasteiger charge is 2.38. The third-order valence-corrected chi connectivity index (χ3v) is 3.55. The van der Waals surface area contributed by atoms with Crippen LogP contribution in [0.3, 0.4) is 0 Å². The average molecular weight is 378 g/mol. The van der Waals surface area contributed by atoms with E-state index in [2.05, 4.69) is 5.32 Å². The summed E-state index contributed by atoms with van der Waals surface area (Å²) >= 11 is 0. The van der Waals surface area contributed by atoms with Gasteiger partial charge in [-0.15, -0.1) is 0 Å². The van der Waals surface area contributed by atoms with Gasteiger partial charge in [0.25, 0.3) is 11.8 Å². The second-order valence-electron chi connectivity index (χ2n) is 6.86. The number of alkyl carbamates (subject to hydrolysis) is 1. The molecule has 0 aromatic heterocycles. The molecule has 0 fully saturated rings. The van der Waals surface area contributed by atoms with Crippen molar-refractivity contribution >= 4 is 23.9 Å². The van der Waals surface area contributed by atoms with E-state index in [1.807, 2.05) is 0 Å². The Morgan fingerprint density at radius 1 is 1.11 bits per heavy atom. The molecular weight excluding hydrogens is 356 g/mol. The quantitative estimate of drug-likeness (QED) is 0.750. The standard InChI is InChI=1S/C18H22N2O7/c1-18(2,3)26-17(24)19-10-11(25-4)9-14(21)27-20-15(22)12-7-5-6-8-13(12)16(20)23/h5-8,11H,9-10H2,1-4H3,(H,19,24). The Kier molecular flexibility index (Phi) is 6.17. The normalized spacial score (nSPS) is 14.6. The first kappa shape index (κ1) is 20.4. The van der Waals surface area contributed by atoms with Gasteiger partial charge in [-0.05, 0) is 32.9 Å². The van der Waals surface area contributed by atoms with E-state index in [0.29, 0.717) is 5.06 Å². The smallest absolute Gasteiger partial charge is 0.407 e. The molecule has 9 heteroatoms. The molecule has 1 aliphatic rings. The summed E-state index contributed by atoms with van der Waals surface area (Å²) in [6.45, 7) is 5.15. The summed E-state index contributed by atoms with van der Waals surface area (Å²) in [5, 5.41) is 2.91. The van der Waals surface area contributed by atoms with Gasteiger partial charge in [0.1, 0.15) is 5.60 Å². The zero-order chi connectivity index (χ0) is 20.2. The van der Waals surface area contributed by atoms with E-state index in [1.54, 1.807) is 32.9 Å². The Morgan fingerprint density at radius 3 is 2.15 bits per heavy atom. The van der Waals surface area contributed by atoms with Crippen LogP contribution in [-0.2, 0) is 19.1 Å². The van der Waals surface area contributed by atoms with Gasteiger partial charge in [-0.1, -0.05) is 17.2 Å². The molecule has 0 saturated carbocycles. The van der Waals surface area contributed by atoms with Crippen molar-refractivity contribution in [2.75, 3.05) is 13.7 Å². The number of rotatable bonds is 6. The third-order valence-electron chi connectivity index (χ3n) is 3.55. The molecule has 3 amide bonds. The molecule has 1 aliphatic heterocycles. The van der Waals surface area contributed by atoms with Gasteiger partial charge in [0.05, 0.1) is 23.7 Å². The van der Waals surface area contributed by atoms with Crippen molar-refractivity contribution in [3.8, 4) is 0 Å². The van der Waals surface area contributed by atoms with Gasteiger partial charge in [0.15, 0.2) is 0 Å². The average Bonchev–Trinajstić information content (AvgIpc) is 2.82. The number of amides is 3. The molecule has 2 rings (SSSR count). The first-order valence-corrected chi connectivity index (χ1v) is 8.30. The summed E-state index contributed by atoms with van der Waals surface area (Å²) in [5.74, 6) is -2.25. The van der Waals surface area contributed by atoms with Gasteiger partial charge in [-0.3, -0.25) is 9.59 Å². The Hall–Kier alpha value is -2.94. The number of methoxy groups -OCH3 is 1. The topological polar surface area (TPSA) is 111 Å². The van der Waals surface area contributed by atoms with Crippen molar-refractivity contribution < 1.29 is 33.5 Å². The number of benzene rings is 1. The van der Waals surface area contributed by atoms with Gasteiger partial charge < -0.3 is 19.6 Å². The molecule has 0 aliphatic carbocycles. The molecule has 0 radical (unpaired) electrons. The van der Waals surface area contributed by atoms with E-state index < -0.39 is 35.6 Å². The van der Waals surface area contributed by atoms with Crippen LogP contribution in [0.15, 0.2) is 24.3 Å². The maximum absolute atomic E-state index is 12.2. The molecule has 0 spiro atoms. The Labute approximate surface area is 156 Å². The van der Waals surface area contributed by atoms with Crippen LogP contribution in [0.1, 0.15) is 47.9 Å². The molecule has 1 N–H and O–H groups in total. The van der Waals surface area contributed by atoms with Crippen LogP contribution >= 0.6 is 0 Å². The van der Waals surface area contributed by atoms with Crippen LogP contribution in [0.4, 0.5) is 4.79 Å². The molecule has 1 heterocycles. The molecule has 9 nitrogen and oxygen atoms in total. The molecule has 1 unspecified atom stereocenters. The number of imide groups is 1. The fourth-order valence-corrected chi connectivity index (χ4v) is 2.33. The Bertz CT molecular complexity index is 719. The maximum Gasteiger partial charge on any atom is 0.407 e. The van der Waals surface area contributed by atoms with Gasteiger partial charge in [-0.2, -0.15) is 0 Å². The van der Waals surface area contributed by atoms with Crippen LogP contribution in [0.25, 0.3) is 0 Å². The predicted molar refractivity (Wildman–Crippen MR) is 92.7 cm³/mol. The molecule has 1 aromatic carbocycles. The first-order chi connectivity index (χ1) is 12.6. The Balaban J connectivity index is 1.88. The zero-order valence-corrected chi connectivity index (χ0v) is 15.6. The summed E-state index contributed by atoms with van der Waals surface area (Å²) in [4.78, 5) is 53.0. The van der Waals surface area contributed by atoms with Crippen molar-refractivity contribution in [3.63, 3.8) is 0 Å². The van der Waals surface area contributed by atoms with Crippen LogP contribution in [-0.4, -0.2) is 54.3 Å². The number of nitrogens with zero attached hydrogens (tertiary/aromatic N) is 1. The molecule has 1 aromatic rings. The van der Waals surface area contributed by atoms with E-state index in [1.165, 1.54) is 19.2 Å². The molecule has 1 atom stereocenters. The summed E-state index contributed by atoms with van der Waals surface area (Å²) in [7, 11) is 1.36. The van der Waals surface area contributed by atoms with Crippen LogP contribution < -0.4 is 5.32 Å². The number of hydrogen-bond donors (Lipinski definition) is 1. The van der Waals surface area contributed by atoms with Crippen LogP contribution in [0, 0.1) is 0 Å². The zero-order valence-electron chi connectivity index (χ0n) is 15.6. The summed E-state index contributed by atoms with van der Waals surface area (Å²) < 4.78 is 10.2. The van der Waals surface area contributed by atoms with Crippen molar-refractivity contribution in [3.05, 3.63) is 35.4 Å². The number of ether oxygens (including phenoxy) is 2. The van der Waals surface area contributed by atoms with E-state index in [-0.39, 0.29) is 24.1 Å². The van der Waals surface area contributed by atoms with E-state index >= 15 is 0 Å². The van der Waals surface area contributed by atoms with Gasteiger partial charge >= 0.3 is 12.1 Å². The summed E-state index contributed by atoms with van der Waals surface area (Å²) in [6, 6.07) is 6.18. The fourth-order valence-electron chi connectivity index (χ4n) is 2.33. The van der Waals surface area contributed by atoms with Gasteiger partial charge in [0.2, 0.25) is 0 Å². The third kappa shape index (κ3) is 5.27. The first-order valence-electron chi connectivity index (χ1n) is 8.30. The van der Waals surface area contributed by atoms with E-state index in [4.69, 9.17) is 14.3 Å². The Morgan fingerprint density at radius 2 is 1.67 bits per heavy atom. The minimum atomic E-state index is -0.845. The molecular formula is C18H22N2O7. The van der Waals surface area contributed by atoms with Crippen molar-refractivity contribution in [1.29, 1.82) is 0 Å². The number of carbonyl (C=O) groups is 4. The number of hydrogen-bond acceptors (Lipinski definition) is 7. The van der Waals surface area contributed by atoms with Crippen molar-refractivity contribution in [2.24, 2.45) is 0 Å². The van der Waals surface area contributed by atoms with Crippen LogP contribution in [0.2, 0.25) is 0 Å². The SMILES string of the molecule is COC(CNC(=O)OC(C)(C)C)CC(=O)ON1C(=O)c2ccccc2C1=O. The van der Waals surface area contributed by atoms with E-state index in [9.17, 15) is 19.2 Å². The number of carbonyl (C=O) groups excluding carboxylic acids is 4. The van der Waals surface area contributed by atoms with E-state index in [0.717, 1.165) is 0 Å².